The van der Waals surface area contributed by atoms with Crippen molar-refractivity contribution in [3.63, 3.8) is 0 Å². The summed E-state index contributed by atoms with van der Waals surface area (Å²) in [6, 6.07) is 0.858. The van der Waals surface area contributed by atoms with E-state index in [-0.39, 0.29) is 0 Å². The number of piperidine rings is 1. The predicted molar refractivity (Wildman–Crippen MR) is 56.0 cm³/mol. The van der Waals surface area contributed by atoms with Crippen LogP contribution >= 0.6 is 0 Å². The fourth-order valence-electron chi connectivity index (χ4n) is 3.53. The molecule has 2 heterocycles. The van der Waals surface area contributed by atoms with Gasteiger partial charge in [0.2, 0.25) is 0 Å². The molecule has 3 fully saturated rings. The average Bonchev–Trinajstić information content (AvgIpc) is 2.58. The number of hydrogen-bond acceptors (Lipinski definition) is 2. The molecule has 14 heavy (non-hydrogen) atoms. The highest BCUT2D eigenvalue weighted by Crippen LogP contribution is 2.37. The first-order valence-corrected chi connectivity index (χ1v) is 6.29. The van der Waals surface area contributed by atoms with E-state index in [1.807, 2.05) is 0 Å². The Morgan fingerprint density at radius 1 is 1.00 bits per heavy atom. The van der Waals surface area contributed by atoms with E-state index >= 15 is 0 Å². The number of ether oxygens (including phenoxy) is 1. The Hall–Kier alpha value is -0.0800. The van der Waals surface area contributed by atoms with Crippen LogP contribution in [0.3, 0.4) is 0 Å². The molecule has 80 valence electrons. The standard InChI is InChI=1S/C12H21NO/c1-2-7-13-9-14-12-6-3-4-10(12)8-11(13)5-1/h10-12H,1-9H2/t10-,11-,12+/m1/s1. The summed E-state index contributed by atoms with van der Waals surface area (Å²) in [6.45, 7) is 2.20. The first-order chi connectivity index (χ1) is 6.93. The molecule has 0 spiro atoms. The topological polar surface area (TPSA) is 12.5 Å². The zero-order valence-electron chi connectivity index (χ0n) is 8.95. The molecule has 2 aliphatic heterocycles. The van der Waals surface area contributed by atoms with Crippen LogP contribution in [0.2, 0.25) is 0 Å². The Morgan fingerprint density at radius 3 is 3.00 bits per heavy atom. The molecule has 0 amide bonds. The van der Waals surface area contributed by atoms with E-state index < -0.39 is 0 Å². The van der Waals surface area contributed by atoms with Crippen molar-refractivity contribution < 1.29 is 4.74 Å². The van der Waals surface area contributed by atoms with Crippen molar-refractivity contribution >= 4 is 0 Å². The summed E-state index contributed by atoms with van der Waals surface area (Å²) in [5.74, 6) is 0.892. The molecule has 0 bridgehead atoms. The number of rotatable bonds is 0. The van der Waals surface area contributed by atoms with E-state index in [1.54, 1.807) is 0 Å². The largest absolute Gasteiger partial charge is 0.363 e. The summed E-state index contributed by atoms with van der Waals surface area (Å²) in [4.78, 5) is 2.59. The Balaban J connectivity index is 1.71. The van der Waals surface area contributed by atoms with Crippen LogP contribution in [-0.2, 0) is 4.74 Å². The summed E-state index contributed by atoms with van der Waals surface area (Å²) in [5.41, 5.74) is 0. The van der Waals surface area contributed by atoms with Crippen molar-refractivity contribution in [2.45, 2.75) is 57.1 Å². The van der Waals surface area contributed by atoms with Crippen LogP contribution in [0, 0.1) is 5.92 Å². The van der Waals surface area contributed by atoms with Gasteiger partial charge in [-0.25, -0.2) is 0 Å². The summed E-state index contributed by atoms with van der Waals surface area (Å²) in [7, 11) is 0. The van der Waals surface area contributed by atoms with Crippen LogP contribution in [0.5, 0.6) is 0 Å². The third kappa shape index (κ3) is 1.59. The van der Waals surface area contributed by atoms with Crippen molar-refractivity contribution in [2.75, 3.05) is 13.3 Å². The molecule has 3 atom stereocenters. The van der Waals surface area contributed by atoms with Crippen molar-refractivity contribution in [1.82, 2.24) is 4.90 Å². The summed E-state index contributed by atoms with van der Waals surface area (Å²) >= 11 is 0. The summed E-state index contributed by atoms with van der Waals surface area (Å²) in [6.07, 6.45) is 10.4. The highest BCUT2D eigenvalue weighted by Gasteiger charge is 2.36. The lowest BCUT2D eigenvalue weighted by atomic mass is 9.91. The van der Waals surface area contributed by atoms with Gasteiger partial charge in [0.05, 0.1) is 12.8 Å². The second-order valence-corrected chi connectivity index (χ2v) is 5.22. The van der Waals surface area contributed by atoms with Crippen molar-refractivity contribution in [3.05, 3.63) is 0 Å². The minimum Gasteiger partial charge on any atom is -0.363 e. The van der Waals surface area contributed by atoms with Crippen LogP contribution in [-0.4, -0.2) is 30.3 Å². The maximum absolute atomic E-state index is 6.02. The maximum atomic E-state index is 6.02. The van der Waals surface area contributed by atoms with Crippen LogP contribution in [0.1, 0.15) is 44.9 Å². The molecular weight excluding hydrogens is 174 g/mol. The molecule has 0 N–H and O–H groups in total. The molecule has 1 saturated carbocycles. The van der Waals surface area contributed by atoms with Gasteiger partial charge in [0, 0.05) is 12.6 Å². The third-order valence-corrected chi connectivity index (χ3v) is 4.37. The molecule has 0 aromatic heterocycles. The Kier molecular flexibility index (Phi) is 2.50. The molecule has 0 aromatic rings. The highest BCUT2D eigenvalue weighted by atomic mass is 16.5. The fraction of sp³-hybridized carbons (Fsp3) is 1.00. The smallest absolute Gasteiger partial charge is 0.0996 e. The van der Waals surface area contributed by atoms with E-state index in [2.05, 4.69) is 4.90 Å². The maximum Gasteiger partial charge on any atom is 0.0996 e. The zero-order valence-corrected chi connectivity index (χ0v) is 8.95. The van der Waals surface area contributed by atoms with Crippen molar-refractivity contribution in [1.29, 1.82) is 0 Å². The molecule has 2 heteroatoms. The molecule has 0 unspecified atom stereocenters. The first-order valence-electron chi connectivity index (χ1n) is 6.29. The van der Waals surface area contributed by atoms with Gasteiger partial charge in [0.1, 0.15) is 0 Å². The van der Waals surface area contributed by atoms with Gasteiger partial charge in [-0.05, 0) is 38.0 Å². The van der Waals surface area contributed by atoms with Crippen LogP contribution in [0.4, 0.5) is 0 Å². The lowest BCUT2D eigenvalue weighted by Gasteiger charge is -2.33. The quantitative estimate of drug-likeness (QED) is 0.588. The van der Waals surface area contributed by atoms with Crippen molar-refractivity contribution in [2.24, 2.45) is 5.92 Å². The van der Waals surface area contributed by atoms with E-state index in [4.69, 9.17) is 4.74 Å². The second-order valence-electron chi connectivity index (χ2n) is 5.22. The fourth-order valence-corrected chi connectivity index (χ4v) is 3.53. The van der Waals surface area contributed by atoms with Crippen LogP contribution in [0.25, 0.3) is 0 Å². The average molecular weight is 195 g/mol. The van der Waals surface area contributed by atoms with Gasteiger partial charge < -0.3 is 4.74 Å². The minimum atomic E-state index is 0.612. The van der Waals surface area contributed by atoms with E-state index in [0.717, 1.165) is 18.7 Å². The summed E-state index contributed by atoms with van der Waals surface area (Å²) < 4.78 is 6.02. The van der Waals surface area contributed by atoms with Gasteiger partial charge in [-0.3, -0.25) is 4.90 Å². The van der Waals surface area contributed by atoms with E-state index in [0.29, 0.717) is 6.10 Å². The SMILES string of the molecule is C1CCN2CO[C@H]3CCC[C@@H]3C[C@H]2C1. The number of fused-ring (bicyclic) bond motifs is 2. The van der Waals surface area contributed by atoms with E-state index in [9.17, 15) is 0 Å². The van der Waals surface area contributed by atoms with Gasteiger partial charge in [-0.15, -0.1) is 0 Å². The van der Waals surface area contributed by atoms with Gasteiger partial charge >= 0.3 is 0 Å². The lowest BCUT2D eigenvalue weighted by Crippen LogP contribution is -2.39. The zero-order chi connectivity index (χ0) is 9.38. The first kappa shape index (κ1) is 9.17. The number of nitrogens with zero attached hydrogens (tertiary/aromatic N) is 1. The highest BCUT2D eigenvalue weighted by molar-refractivity contribution is 4.87. The summed E-state index contributed by atoms with van der Waals surface area (Å²) in [5, 5.41) is 0. The van der Waals surface area contributed by atoms with Gasteiger partial charge in [0.15, 0.2) is 0 Å². The molecule has 3 aliphatic rings. The molecule has 2 nitrogen and oxygen atoms in total. The van der Waals surface area contributed by atoms with Gasteiger partial charge in [-0.1, -0.05) is 12.8 Å². The molecule has 1 aliphatic carbocycles. The van der Waals surface area contributed by atoms with Gasteiger partial charge in [0.25, 0.3) is 0 Å². The minimum absolute atomic E-state index is 0.612. The lowest BCUT2D eigenvalue weighted by molar-refractivity contribution is -0.0283. The van der Waals surface area contributed by atoms with Crippen LogP contribution in [0.15, 0.2) is 0 Å². The van der Waals surface area contributed by atoms with Gasteiger partial charge in [-0.2, -0.15) is 0 Å². The second kappa shape index (κ2) is 3.82. The number of hydrogen-bond donors (Lipinski definition) is 0. The van der Waals surface area contributed by atoms with E-state index in [1.165, 1.54) is 51.5 Å². The molecule has 3 rings (SSSR count). The van der Waals surface area contributed by atoms with Crippen molar-refractivity contribution in [3.8, 4) is 0 Å². The monoisotopic (exact) mass is 195 g/mol. The molecule has 0 radical (unpaired) electrons. The van der Waals surface area contributed by atoms with Crippen LogP contribution < -0.4 is 0 Å². The predicted octanol–water partition coefficient (Wildman–Crippen LogP) is 2.39. The Morgan fingerprint density at radius 2 is 2.00 bits per heavy atom. The third-order valence-electron chi connectivity index (χ3n) is 4.37. The normalized spacial score (nSPS) is 44.1. The Labute approximate surface area is 86.6 Å². The Bertz CT molecular complexity index is 206. The molecule has 2 saturated heterocycles. The molecule has 0 aromatic carbocycles. The molecular formula is C12H21NO.